The van der Waals surface area contributed by atoms with Crippen LogP contribution in [0.4, 0.5) is 8.78 Å². The fraction of sp³-hybridized carbons (Fsp3) is 0.154. The number of carbonyl (C=O) groups excluding carboxylic acids is 1. The number of Topliss-reactive ketones (excluding diaryl/α,β-unsaturated/α-hetero) is 1. The number of hydrogen-bond acceptors (Lipinski definition) is 3. The Morgan fingerprint density at radius 1 is 1.15 bits per heavy atom. The van der Waals surface area contributed by atoms with Crippen LogP contribution in [0.2, 0.25) is 0 Å². The fourth-order valence-corrected chi connectivity index (χ4v) is 1.67. The van der Waals surface area contributed by atoms with E-state index in [4.69, 9.17) is 0 Å². The van der Waals surface area contributed by atoms with Gasteiger partial charge in [0.05, 0.1) is 12.1 Å². The Bertz CT molecular complexity index is 793. The summed E-state index contributed by atoms with van der Waals surface area (Å²) in [5.41, 5.74) is -2.01. The first kappa shape index (κ1) is 13.9. The lowest BCUT2D eigenvalue weighted by Gasteiger charge is -2.06. The van der Waals surface area contributed by atoms with E-state index < -0.39 is 35.1 Å². The molecule has 2 aromatic rings. The smallest absolute Gasteiger partial charge is 0.312 e. The molecular formula is C13H10F2N2O3. The Hall–Kier alpha value is -2.57. The van der Waals surface area contributed by atoms with Crippen molar-refractivity contribution < 1.29 is 13.6 Å². The molecule has 20 heavy (non-hydrogen) atoms. The molecule has 7 heteroatoms. The van der Waals surface area contributed by atoms with Crippen molar-refractivity contribution in [2.75, 3.05) is 0 Å². The maximum atomic E-state index is 13.4. The molecule has 0 spiro atoms. The zero-order valence-electron chi connectivity index (χ0n) is 10.5. The van der Waals surface area contributed by atoms with Gasteiger partial charge in [0, 0.05) is 25.5 Å². The Labute approximate surface area is 111 Å². The molecule has 0 fully saturated rings. The van der Waals surface area contributed by atoms with Gasteiger partial charge in [-0.2, -0.15) is 0 Å². The lowest BCUT2D eigenvalue weighted by molar-refractivity contribution is 0.0966. The van der Waals surface area contributed by atoms with Crippen molar-refractivity contribution in [2.45, 2.75) is 6.54 Å². The molecule has 1 aromatic carbocycles. The zero-order chi connectivity index (χ0) is 14.9. The van der Waals surface area contributed by atoms with E-state index in [2.05, 4.69) is 0 Å². The van der Waals surface area contributed by atoms with Crippen molar-refractivity contribution in [3.63, 3.8) is 0 Å². The van der Waals surface area contributed by atoms with Crippen LogP contribution in [-0.2, 0) is 13.6 Å². The van der Waals surface area contributed by atoms with Gasteiger partial charge in [0.2, 0.25) is 0 Å². The van der Waals surface area contributed by atoms with E-state index in [1.165, 1.54) is 19.4 Å². The highest BCUT2D eigenvalue weighted by Crippen LogP contribution is 2.10. The van der Waals surface area contributed by atoms with E-state index in [0.717, 1.165) is 21.3 Å². The van der Waals surface area contributed by atoms with E-state index in [-0.39, 0.29) is 5.56 Å². The number of aryl methyl sites for hydroxylation is 1. The van der Waals surface area contributed by atoms with Crippen LogP contribution in [0.25, 0.3) is 0 Å². The molecule has 0 saturated carbocycles. The van der Waals surface area contributed by atoms with Crippen LogP contribution < -0.4 is 11.1 Å². The van der Waals surface area contributed by atoms with Crippen LogP contribution in [0, 0.1) is 11.6 Å². The molecule has 1 heterocycles. The number of rotatable bonds is 3. The van der Waals surface area contributed by atoms with Gasteiger partial charge >= 0.3 is 11.1 Å². The van der Waals surface area contributed by atoms with E-state index in [0.29, 0.717) is 6.07 Å². The van der Waals surface area contributed by atoms with E-state index in [1.54, 1.807) is 0 Å². The second kappa shape index (κ2) is 5.20. The molecule has 0 unspecified atom stereocenters. The summed E-state index contributed by atoms with van der Waals surface area (Å²) in [6.07, 6.45) is 2.57. The first-order valence-corrected chi connectivity index (χ1v) is 5.64. The summed E-state index contributed by atoms with van der Waals surface area (Å²) in [7, 11) is 1.40. The maximum absolute atomic E-state index is 13.4. The van der Waals surface area contributed by atoms with Gasteiger partial charge in [-0.25, -0.2) is 8.78 Å². The van der Waals surface area contributed by atoms with Gasteiger partial charge < -0.3 is 9.13 Å². The van der Waals surface area contributed by atoms with Crippen molar-refractivity contribution in [1.29, 1.82) is 0 Å². The van der Waals surface area contributed by atoms with Crippen molar-refractivity contribution in [3.8, 4) is 0 Å². The van der Waals surface area contributed by atoms with Crippen LogP contribution in [0.5, 0.6) is 0 Å². The van der Waals surface area contributed by atoms with Gasteiger partial charge in [0.25, 0.3) is 0 Å². The molecule has 1 aromatic heterocycles. The standard InChI is InChI=1S/C13H10F2N2O3/c1-16-4-5-17(13(20)12(16)19)7-11(18)9-3-2-8(14)6-10(9)15/h2-6H,7H2,1H3. The van der Waals surface area contributed by atoms with Gasteiger partial charge in [0.1, 0.15) is 11.6 Å². The number of aromatic nitrogens is 2. The summed E-state index contributed by atoms with van der Waals surface area (Å²) in [6.45, 7) is -0.489. The summed E-state index contributed by atoms with van der Waals surface area (Å²) in [5, 5.41) is 0. The van der Waals surface area contributed by atoms with Crippen LogP contribution >= 0.6 is 0 Å². The van der Waals surface area contributed by atoms with Gasteiger partial charge in [0.15, 0.2) is 5.78 Å². The number of nitrogens with zero attached hydrogens (tertiary/aromatic N) is 2. The zero-order valence-corrected chi connectivity index (χ0v) is 10.5. The molecule has 0 saturated heterocycles. The number of hydrogen-bond donors (Lipinski definition) is 0. The minimum atomic E-state index is -1.01. The van der Waals surface area contributed by atoms with Crippen LogP contribution in [0.3, 0.4) is 0 Å². The van der Waals surface area contributed by atoms with E-state index in [9.17, 15) is 23.2 Å². The van der Waals surface area contributed by atoms with Crippen molar-refractivity contribution in [1.82, 2.24) is 9.13 Å². The van der Waals surface area contributed by atoms with Gasteiger partial charge in [-0.05, 0) is 12.1 Å². The van der Waals surface area contributed by atoms with Gasteiger partial charge in [-0.3, -0.25) is 14.4 Å². The summed E-state index contributed by atoms with van der Waals surface area (Å²) in [4.78, 5) is 34.9. The Morgan fingerprint density at radius 3 is 2.50 bits per heavy atom. The Kier molecular flexibility index (Phi) is 3.60. The minimum absolute atomic E-state index is 0.334. The van der Waals surface area contributed by atoms with Gasteiger partial charge in [-0.15, -0.1) is 0 Å². The third-order valence-electron chi connectivity index (χ3n) is 2.78. The molecule has 0 amide bonds. The lowest BCUT2D eigenvalue weighted by atomic mass is 10.1. The molecule has 0 atom stereocenters. The molecule has 104 valence electrons. The Morgan fingerprint density at radius 2 is 1.85 bits per heavy atom. The van der Waals surface area contributed by atoms with Crippen LogP contribution in [-0.4, -0.2) is 14.9 Å². The third-order valence-corrected chi connectivity index (χ3v) is 2.78. The number of ketones is 1. The lowest BCUT2D eigenvalue weighted by Crippen LogP contribution is -2.40. The second-order valence-corrected chi connectivity index (χ2v) is 4.19. The van der Waals surface area contributed by atoms with E-state index in [1.807, 2.05) is 0 Å². The predicted octanol–water partition coefficient (Wildman–Crippen LogP) is 0.708. The minimum Gasteiger partial charge on any atom is -0.312 e. The first-order chi connectivity index (χ1) is 9.40. The molecule has 0 aliphatic rings. The highest BCUT2D eigenvalue weighted by molar-refractivity contribution is 5.96. The number of carbonyl (C=O) groups is 1. The van der Waals surface area contributed by atoms with Crippen molar-refractivity contribution in [2.24, 2.45) is 7.05 Å². The average Bonchev–Trinajstić information content (AvgIpc) is 2.39. The first-order valence-electron chi connectivity index (χ1n) is 5.64. The molecule has 2 rings (SSSR count). The molecule has 0 aliphatic carbocycles. The van der Waals surface area contributed by atoms with Crippen LogP contribution in [0.15, 0.2) is 40.2 Å². The van der Waals surface area contributed by atoms with Gasteiger partial charge in [-0.1, -0.05) is 0 Å². The summed E-state index contributed by atoms with van der Waals surface area (Å²) >= 11 is 0. The molecular weight excluding hydrogens is 270 g/mol. The average molecular weight is 280 g/mol. The van der Waals surface area contributed by atoms with Crippen molar-refractivity contribution >= 4 is 5.78 Å². The van der Waals surface area contributed by atoms with E-state index >= 15 is 0 Å². The largest absolute Gasteiger partial charge is 0.316 e. The summed E-state index contributed by atoms with van der Waals surface area (Å²) in [6, 6.07) is 2.53. The maximum Gasteiger partial charge on any atom is 0.316 e. The Balaban J connectivity index is 2.35. The molecule has 0 bridgehead atoms. The molecule has 0 N–H and O–H groups in total. The summed E-state index contributed by atoms with van der Waals surface area (Å²) < 4.78 is 28.1. The third kappa shape index (κ3) is 2.56. The van der Waals surface area contributed by atoms with Crippen molar-refractivity contribution in [3.05, 3.63) is 68.5 Å². The number of halogens is 2. The highest BCUT2D eigenvalue weighted by Gasteiger charge is 2.14. The monoisotopic (exact) mass is 280 g/mol. The predicted molar refractivity (Wildman–Crippen MR) is 66.6 cm³/mol. The SMILES string of the molecule is Cn1ccn(CC(=O)c2ccc(F)cc2F)c(=O)c1=O. The highest BCUT2D eigenvalue weighted by atomic mass is 19.1. The fourth-order valence-electron chi connectivity index (χ4n) is 1.67. The topological polar surface area (TPSA) is 61.1 Å². The number of benzene rings is 1. The normalized spacial score (nSPS) is 10.6. The molecule has 0 radical (unpaired) electrons. The molecule has 0 aliphatic heterocycles. The second-order valence-electron chi connectivity index (χ2n) is 4.19. The quantitative estimate of drug-likeness (QED) is 0.614. The van der Waals surface area contributed by atoms with Crippen LogP contribution in [0.1, 0.15) is 10.4 Å². The molecule has 5 nitrogen and oxygen atoms in total. The summed E-state index contributed by atoms with van der Waals surface area (Å²) in [5.74, 6) is -2.53.